The summed E-state index contributed by atoms with van der Waals surface area (Å²) in [6.45, 7) is -0.575. The van der Waals surface area contributed by atoms with Gasteiger partial charge in [-0.05, 0) is 0 Å². The molecule has 1 unspecified atom stereocenters. The molecule has 0 aromatic carbocycles. The molecule has 1 atom stereocenters. The number of carboxylic acids is 3. The summed E-state index contributed by atoms with van der Waals surface area (Å²) in [7, 11) is 0. The molecule has 2 aliphatic rings. The quantitative estimate of drug-likeness (QED) is 0.147. The molecule has 4 amide bonds. The van der Waals surface area contributed by atoms with Crippen molar-refractivity contribution >= 4 is 41.5 Å². The van der Waals surface area contributed by atoms with Crippen LogP contribution in [0.25, 0.3) is 0 Å². The second-order valence-electron chi connectivity index (χ2n) is 9.55. The van der Waals surface area contributed by atoms with Gasteiger partial charge in [-0.15, -0.1) is 0 Å². The number of likely N-dealkylation sites (tertiary alicyclic amines) is 1. The third-order valence-corrected chi connectivity index (χ3v) is 6.46. The zero-order valence-electron chi connectivity index (χ0n) is 22.1. The Kier molecular flexibility index (Phi) is 13.0. The van der Waals surface area contributed by atoms with E-state index in [2.05, 4.69) is 5.32 Å². The van der Waals surface area contributed by atoms with Gasteiger partial charge in [-0.25, -0.2) is 4.90 Å². The highest BCUT2D eigenvalue weighted by atomic mass is 16.4. The maximum absolute atomic E-state index is 12.8. The Labute approximate surface area is 229 Å². The molecule has 0 bridgehead atoms. The largest absolute Gasteiger partial charge is 0.480 e. The highest BCUT2D eigenvalue weighted by Crippen LogP contribution is 2.13. The highest BCUT2D eigenvalue weighted by Gasteiger charge is 2.38. The maximum Gasteiger partial charge on any atom is 0.317 e. The molecule has 40 heavy (non-hydrogen) atoms. The molecule has 17 nitrogen and oxygen atoms in total. The SMILES string of the molecule is O=C(O)CN1CCN(CC(=O)O)CCN(CC(=O)NC(CO)C(=O)N2C(=O)CCC2=O)CCN(CC(=O)O)CC1. The first kappa shape index (κ1) is 32.7. The summed E-state index contributed by atoms with van der Waals surface area (Å²) in [6, 6.07) is -1.53. The molecule has 17 heteroatoms. The molecule has 0 saturated carbocycles. The lowest BCUT2D eigenvalue weighted by molar-refractivity contribution is -0.152. The molecule has 2 heterocycles. The third kappa shape index (κ3) is 10.9. The Bertz CT molecular complexity index is 929. The summed E-state index contributed by atoms with van der Waals surface area (Å²) in [5, 5.41) is 39.8. The van der Waals surface area contributed by atoms with Crippen molar-refractivity contribution in [3.63, 3.8) is 0 Å². The van der Waals surface area contributed by atoms with E-state index in [1.54, 1.807) is 19.6 Å². The van der Waals surface area contributed by atoms with E-state index >= 15 is 0 Å². The van der Waals surface area contributed by atoms with Crippen molar-refractivity contribution in [2.24, 2.45) is 0 Å². The summed E-state index contributed by atoms with van der Waals surface area (Å²) in [4.78, 5) is 90.0. The molecule has 2 aliphatic heterocycles. The average Bonchev–Trinajstić information content (AvgIpc) is 3.20. The number of carbonyl (C=O) groups is 7. The first-order valence-electron chi connectivity index (χ1n) is 12.7. The van der Waals surface area contributed by atoms with Crippen molar-refractivity contribution in [1.82, 2.24) is 29.8 Å². The van der Waals surface area contributed by atoms with Crippen molar-refractivity contribution in [2.75, 3.05) is 85.1 Å². The van der Waals surface area contributed by atoms with E-state index in [0.717, 1.165) is 0 Å². The predicted octanol–water partition coefficient (Wildman–Crippen LogP) is -4.39. The minimum absolute atomic E-state index is 0.141. The van der Waals surface area contributed by atoms with E-state index < -0.39 is 54.2 Å². The maximum atomic E-state index is 12.8. The fraction of sp³-hybridized carbons (Fsp3) is 0.696. The van der Waals surface area contributed by atoms with Gasteiger partial charge in [-0.2, -0.15) is 0 Å². The number of hydrogen-bond donors (Lipinski definition) is 5. The minimum atomic E-state index is -1.53. The molecule has 0 aromatic heterocycles. The summed E-state index contributed by atoms with van der Waals surface area (Å²) in [6.07, 6.45) is -0.281. The van der Waals surface area contributed by atoms with Gasteiger partial charge in [0.25, 0.3) is 5.91 Å². The molecule has 224 valence electrons. The molecule has 2 saturated heterocycles. The van der Waals surface area contributed by atoms with Crippen LogP contribution in [0.4, 0.5) is 0 Å². The van der Waals surface area contributed by atoms with Crippen molar-refractivity contribution < 1.29 is 54.0 Å². The monoisotopic (exact) mass is 572 g/mol. The van der Waals surface area contributed by atoms with E-state index in [9.17, 15) is 54.0 Å². The van der Waals surface area contributed by atoms with E-state index in [1.165, 1.54) is 0 Å². The average molecular weight is 573 g/mol. The second-order valence-corrected chi connectivity index (χ2v) is 9.55. The number of hydrogen-bond acceptors (Lipinski definition) is 12. The number of aliphatic hydroxyl groups excluding tert-OH is 1. The highest BCUT2D eigenvalue weighted by molar-refractivity contribution is 6.16. The van der Waals surface area contributed by atoms with Gasteiger partial charge in [-0.3, -0.25) is 53.2 Å². The molecule has 0 spiro atoms. The summed E-state index contributed by atoms with van der Waals surface area (Å²) >= 11 is 0. The Morgan fingerprint density at radius 3 is 1.25 bits per heavy atom. The number of carbonyl (C=O) groups excluding carboxylic acids is 4. The molecular formula is C23H36N6O11. The number of aliphatic hydroxyl groups is 1. The van der Waals surface area contributed by atoms with E-state index in [4.69, 9.17) is 0 Å². The second kappa shape index (κ2) is 15.9. The molecule has 2 fully saturated rings. The van der Waals surface area contributed by atoms with Crippen LogP contribution in [0.3, 0.4) is 0 Å². The van der Waals surface area contributed by atoms with Crippen LogP contribution in [0, 0.1) is 0 Å². The van der Waals surface area contributed by atoms with Gasteiger partial charge in [0.15, 0.2) is 0 Å². The van der Waals surface area contributed by atoms with Crippen LogP contribution in [0.2, 0.25) is 0 Å². The van der Waals surface area contributed by atoms with Crippen LogP contribution in [0.5, 0.6) is 0 Å². The van der Waals surface area contributed by atoms with Gasteiger partial charge in [0, 0.05) is 65.2 Å². The molecular weight excluding hydrogens is 536 g/mol. The molecule has 0 aromatic rings. The van der Waals surface area contributed by atoms with E-state index in [1.807, 2.05) is 0 Å². The third-order valence-electron chi connectivity index (χ3n) is 6.46. The van der Waals surface area contributed by atoms with Gasteiger partial charge < -0.3 is 25.7 Å². The van der Waals surface area contributed by atoms with Crippen molar-refractivity contribution in [3.05, 3.63) is 0 Å². The Balaban J connectivity index is 2.13. The molecule has 2 rings (SSSR count). The fourth-order valence-electron chi connectivity index (χ4n) is 4.39. The number of amides is 4. The van der Waals surface area contributed by atoms with Crippen molar-refractivity contribution in [1.29, 1.82) is 0 Å². The summed E-state index contributed by atoms with van der Waals surface area (Å²) in [5.41, 5.74) is 0. The van der Waals surface area contributed by atoms with Gasteiger partial charge in [0.1, 0.15) is 6.04 Å². The number of carboxylic acid groups (broad SMARTS) is 3. The number of aliphatic carboxylic acids is 3. The number of nitrogens with one attached hydrogen (secondary N) is 1. The van der Waals surface area contributed by atoms with Crippen LogP contribution in [-0.4, -0.2) is 178 Å². The fourth-order valence-corrected chi connectivity index (χ4v) is 4.39. The Morgan fingerprint density at radius 2 is 0.950 bits per heavy atom. The normalized spacial score (nSPS) is 20.0. The van der Waals surface area contributed by atoms with Crippen molar-refractivity contribution in [2.45, 2.75) is 18.9 Å². The molecule has 0 aliphatic carbocycles. The van der Waals surface area contributed by atoms with Crippen LogP contribution in [0.15, 0.2) is 0 Å². The number of nitrogens with zero attached hydrogens (tertiary/aromatic N) is 5. The number of rotatable bonds is 11. The Hall–Kier alpha value is -3.51. The lowest BCUT2D eigenvalue weighted by Crippen LogP contribution is -2.54. The standard InChI is InChI=1S/C23H36N6O11/c30-15-16(23(40)29-18(32)1-2-19(29)33)24-17(31)11-25-3-5-26(12-20(34)35)7-9-28(14-22(38)39)10-8-27(6-4-25)13-21(36)37/h16,30H,1-15H2,(H,24,31)(H,34,35)(H,36,37)(H,38,39). The van der Waals surface area contributed by atoms with Crippen molar-refractivity contribution in [3.8, 4) is 0 Å². The smallest absolute Gasteiger partial charge is 0.317 e. The minimum Gasteiger partial charge on any atom is -0.480 e. The zero-order valence-corrected chi connectivity index (χ0v) is 22.1. The zero-order chi connectivity index (χ0) is 29.8. The van der Waals surface area contributed by atoms with Crippen LogP contribution >= 0.6 is 0 Å². The van der Waals surface area contributed by atoms with Gasteiger partial charge in [0.05, 0.1) is 32.8 Å². The van der Waals surface area contributed by atoms with Gasteiger partial charge >= 0.3 is 17.9 Å². The van der Waals surface area contributed by atoms with Crippen LogP contribution in [0.1, 0.15) is 12.8 Å². The molecule has 5 N–H and O–H groups in total. The van der Waals surface area contributed by atoms with Gasteiger partial charge in [-0.1, -0.05) is 0 Å². The summed E-state index contributed by atoms with van der Waals surface area (Å²) in [5.74, 6) is -6.44. The van der Waals surface area contributed by atoms with E-state index in [0.29, 0.717) is 4.90 Å². The van der Waals surface area contributed by atoms with Gasteiger partial charge in [0.2, 0.25) is 17.7 Å². The van der Waals surface area contributed by atoms with Crippen LogP contribution in [-0.2, 0) is 33.6 Å². The lowest BCUT2D eigenvalue weighted by Gasteiger charge is -2.33. The Morgan fingerprint density at radius 1 is 0.625 bits per heavy atom. The van der Waals surface area contributed by atoms with Crippen LogP contribution < -0.4 is 5.32 Å². The first-order valence-corrected chi connectivity index (χ1v) is 12.7. The summed E-state index contributed by atoms with van der Waals surface area (Å²) < 4.78 is 0. The number of imide groups is 3. The van der Waals surface area contributed by atoms with E-state index in [-0.39, 0.29) is 91.4 Å². The first-order chi connectivity index (χ1) is 18.9. The molecule has 0 radical (unpaired) electrons. The lowest BCUT2D eigenvalue weighted by atomic mass is 10.2. The predicted molar refractivity (Wildman–Crippen MR) is 134 cm³/mol. The topological polar surface area (TPSA) is 229 Å².